The van der Waals surface area contributed by atoms with E-state index in [0.29, 0.717) is 30.6 Å². The van der Waals surface area contributed by atoms with Crippen molar-refractivity contribution in [2.75, 3.05) is 18.5 Å². The van der Waals surface area contributed by atoms with Crippen LogP contribution in [0.1, 0.15) is 12.8 Å². The van der Waals surface area contributed by atoms with Crippen molar-refractivity contribution in [3.05, 3.63) is 30.7 Å². The van der Waals surface area contributed by atoms with Crippen LogP contribution in [0, 0.1) is 0 Å². The van der Waals surface area contributed by atoms with Crippen molar-refractivity contribution in [3.63, 3.8) is 0 Å². The number of carboxylic acids is 1. The van der Waals surface area contributed by atoms with Gasteiger partial charge in [0.15, 0.2) is 5.76 Å². The average Bonchev–Trinajstić information content (AvgIpc) is 3.41. The summed E-state index contributed by atoms with van der Waals surface area (Å²) < 4.78 is 17.0. The van der Waals surface area contributed by atoms with E-state index in [4.69, 9.17) is 19.0 Å². The van der Waals surface area contributed by atoms with Gasteiger partial charge in [-0.2, -0.15) is 0 Å². The minimum absolute atomic E-state index is 0.0711. The molecule has 2 aliphatic heterocycles. The minimum atomic E-state index is -1.01. The van der Waals surface area contributed by atoms with Crippen molar-refractivity contribution in [2.45, 2.75) is 37.1 Å². The molecule has 10 nitrogen and oxygen atoms in total. The maximum absolute atomic E-state index is 11.9. The van der Waals surface area contributed by atoms with Gasteiger partial charge in [-0.25, -0.2) is 9.97 Å². The Morgan fingerprint density at radius 3 is 2.68 bits per heavy atom. The molecule has 2 aromatic heterocycles. The van der Waals surface area contributed by atoms with E-state index in [1.807, 2.05) is 6.07 Å². The lowest BCUT2D eigenvalue weighted by molar-refractivity contribution is -0.139. The second-order valence-electron chi connectivity index (χ2n) is 6.66. The Balaban J connectivity index is 1.35. The number of carbonyl (C=O) groups is 2. The van der Waals surface area contributed by atoms with E-state index in [2.05, 4.69) is 20.6 Å². The number of amides is 1. The minimum Gasteiger partial charge on any atom is -0.481 e. The first-order valence-electron chi connectivity index (χ1n) is 8.98. The molecule has 0 aromatic carbocycles. The lowest BCUT2D eigenvalue weighted by Gasteiger charge is -2.18. The predicted molar refractivity (Wildman–Crippen MR) is 95.4 cm³/mol. The lowest BCUT2D eigenvalue weighted by Crippen LogP contribution is -2.44. The number of anilines is 1. The quantitative estimate of drug-likeness (QED) is 0.625. The Morgan fingerprint density at radius 2 is 1.93 bits per heavy atom. The highest BCUT2D eigenvalue weighted by molar-refractivity contribution is 5.80. The Kier molecular flexibility index (Phi) is 5.22. The maximum atomic E-state index is 11.9. The summed E-state index contributed by atoms with van der Waals surface area (Å²) in [6.07, 6.45) is 2.37. The topological polar surface area (TPSA) is 136 Å². The Morgan fingerprint density at radius 1 is 1.14 bits per heavy atom. The number of fused-ring (bicyclic) bond motifs is 1. The van der Waals surface area contributed by atoms with Gasteiger partial charge in [0.25, 0.3) is 0 Å². The van der Waals surface area contributed by atoms with Gasteiger partial charge >= 0.3 is 5.97 Å². The largest absolute Gasteiger partial charge is 0.481 e. The van der Waals surface area contributed by atoms with Crippen LogP contribution in [0.3, 0.4) is 0 Å². The van der Waals surface area contributed by atoms with Crippen LogP contribution in [0.4, 0.5) is 5.95 Å². The fourth-order valence-corrected chi connectivity index (χ4v) is 3.40. The van der Waals surface area contributed by atoms with Gasteiger partial charge in [0, 0.05) is 12.6 Å². The first kappa shape index (κ1) is 18.4. The molecule has 0 spiro atoms. The highest BCUT2D eigenvalue weighted by Crippen LogP contribution is 2.29. The monoisotopic (exact) mass is 388 g/mol. The van der Waals surface area contributed by atoms with Crippen molar-refractivity contribution in [3.8, 4) is 11.5 Å². The van der Waals surface area contributed by atoms with Gasteiger partial charge in [-0.15, -0.1) is 0 Å². The molecule has 10 heteroatoms. The van der Waals surface area contributed by atoms with Crippen LogP contribution in [-0.2, 0) is 19.1 Å². The molecular weight excluding hydrogens is 368 g/mol. The smallest absolute Gasteiger partial charge is 0.303 e. The van der Waals surface area contributed by atoms with Crippen molar-refractivity contribution in [2.24, 2.45) is 0 Å². The third-order valence-electron chi connectivity index (χ3n) is 4.71. The fourth-order valence-electron chi connectivity index (χ4n) is 3.40. The number of hydrogen-bond acceptors (Lipinski definition) is 8. The lowest BCUT2D eigenvalue weighted by atomic mass is 10.1. The fraction of sp³-hybridized carbons (Fsp3) is 0.444. The maximum Gasteiger partial charge on any atom is 0.303 e. The second kappa shape index (κ2) is 7.95. The van der Waals surface area contributed by atoms with Gasteiger partial charge < -0.3 is 29.6 Å². The summed E-state index contributed by atoms with van der Waals surface area (Å²) in [4.78, 5) is 31.2. The summed E-state index contributed by atoms with van der Waals surface area (Å²) in [6, 6.07) is 4.88. The van der Waals surface area contributed by atoms with Crippen LogP contribution >= 0.6 is 0 Å². The molecular formula is C18H20N4O6. The number of carboxylic acid groups (broad SMARTS) is 1. The molecule has 0 saturated carbocycles. The van der Waals surface area contributed by atoms with Crippen LogP contribution in [0.5, 0.6) is 0 Å². The van der Waals surface area contributed by atoms with Crippen molar-refractivity contribution >= 4 is 17.8 Å². The second-order valence-corrected chi connectivity index (χ2v) is 6.66. The average molecular weight is 388 g/mol. The molecule has 0 radical (unpaired) electrons. The van der Waals surface area contributed by atoms with E-state index in [-0.39, 0.29) is 43.0 Å². The summed E-state index contributed by atoms with van der Waals surface area (Å²) in [5, 5.41) is 14.7. The third kappa shape index (κ3) is 3.97. The van der Waals surface area contributed by atoms with E-state index in [1.165, 1.54) is 0 Å². The zero-order chi connectivity index (χ0) is 19.5. The number of carbonyl (C=O) groups excluding carboxylic acids is 1. The zero-order valence-electron chi connectivity index (χ0n) is 14.9. The summed E-state index contributed by atoms with van der Waals surface area (Å²) in [5.74, 6) is -0.257. The van der Waals surface area contributed by atoms with Crippen LogP contribution in [0.25, 0.3) is 11.5 Å². The van der Waals surface area contributed by atoms with Crippen LogP contribution in [0.2, 0.25) is 0 Å². The van der Waals surface area contributed by atoms with Gasteiger partial charge in [-0.1, -0.05) is 0 Å². The summed E-state index contributed by atoms with van der Waals surface area (Å²) in [5.41, 5.74) is 0.661. The van der Waals surface area contributed by atoms with E-state index < -0.39 is 5.97 Å². The summed E-state index contributed by atoms with van der Waals surface area (Å²) >= 11 is 0. The molecule has 2 aromatic rings. The van der Waals surface area contributed by atoms with E-state index in [9.17, 15) is 9.59 Å². The van der Waals surface area contributed by atoms with E-state index in [1.54, 1.807) is 24.6 Å². The molecule has 0 unspecified atom stereocenters. The standard InChI is InChI=1S/C18H20N4O6/c23-14(3-4-15(24)25)20-11-8-27-17-12(9-28-16(11)17)22-18-19-6-5-10(21-18)13-2-1-7-26-13/h1-2,5-7,11-12,16-17H,3-4,8-9H2,(H,20,23)(H,24,25)(H,19,21,22)/t11-,12+,16-,17+/m0/s1. The number of hydrogen-bond donors (Lipinski definition) is 3. The number of aromatic nitrogens is 2. The van der Waals surface area contributed by atoms with Crippen molar-refractivity contribution < 1.29 is 28.6 Å². The molecule has 28 heavy (non-hydrogen) atoms. The molecule has 4 heterocycles. The molecule has 148 valence electrons. The molecule has 2 aliphatic rings. The van der Waals surface area contributed by atoms with Gasteiger partial charge in [0.05, 0.1) is 38.0 Å². The summed E-state index contributed by atoms with van der Waals surface area (Å²) in [6.45, 7) is 0.685. The molecule has 1 amide bonds. The Hall–Kier alpha value is -2.98. The van der Waals surface area contributed by atoms with Gasteiger partial charge in [-0.3, -0.25) is 9.59 Å². The number of nitrogens with one attached hydrogen (secondary N) is 2. The van der Waals surface area contributed by atoms with E-state index >= 15 is 0 Å². The summed E-state index contributed by atoms with van der Waals surface area (Å²) in [7, 11) is 0. The number of furan rings is 1. The molecule has 4 rings (SSSR count). The zero-order valence-corrected chi connectivity index (χ0v) is 14.9. The van der Waals surface area contributed by atoms with Crippen molar-refractivity contribution in [1.82, 2.24) is 15.3 Å². The van der Waals surface area contributed by atoms with Gasteiger partial charge in [0.1, 0.15) is 17.9 Å². The van der Waals surface area contributed by atoms with Gasteiger partial charge in [0.2, 0.25) is 11.9 Å². The van der Waals surface area contributed by atoms with Crippen LogP contribution in [-0.4, -0.2) is 64.5 Å². The highest BCUT2D eigenvalue weighted by atomic mass is 16.6. The predicted octanol–water partition coefficient (Wildman–Crippen LogP) is 0.664. The van der Waals surface area contributed by atoms with Crippen LogP contribution in [0.15, 0.2) is 35.1 Å². The third-order valence-corrected chi connectivity index (χ3v) is 4.71. The molecule has 2 fully saturated rings. The molecule has 0 bridgehead atoms. The number of ether oxygens (including phenoxy) is 2. The van der Waals surface area contributed by atoms with Gasteiger partial charge in [-0.05, 0) is 18.2 Å². The molecule has 2 saturated heterocycles. The first-order valence-corrected chi connectivity index (χ1v) is 8.98. The Labute approximate surface area is 160 Å². The van der Waals surface area contributed by atoms with Crippen LogP contribution < -0.4 is 10.6 Å². The number of aliphatic carboxylic acids is 1. The van der Waals surface area contributed by atoms with E-state index in [0.717, 1.165) is 0 Å². The van der Waals surface area contributed by atoms with Crippen molar-refractivity contribution in [1.29, 1.82) is 0 Å². The highest BCUT2D eigenvalue weighted by Gasteiger charge is 2.48. The number of nitrogens with zero attached hydrogens (tertiary/aromatic N) is 2. The molecule has 3 N–H and O–H groups in total. The molecule has 4 atom stereocenters. The molecule has 0 aliphatic carbocycles. The Bertz CT molecular complexity index is 842. The number of rotatable bonds is 7. The normalized spacial score (nSPS) is 26.0. The first-order chi connectivity index (χ1) is 13.6. The SMILES string of the molecule is O=C(O)CCC(=O)N[C@H]1CO[C@H]2[C@H]1OC[C@H]2Nc1nccc(-c2ccco2)n1.